The molecule has 0 saturated carbocycles. The second-order valence-corrected chi connectivity index (χ2v) is 9.97. The number of benzene rings is 2. The highest BCUT2D eigenvalue weighted by molar-refractivity contribution is 9.09. The Morgan fingerprint density at radius 1 is 0.812 bits per heavy atom. The largest absolute Gasteiger partial charge is 0.125 e. The van der Waals surface area contributed by atoms with E-state index in [0.29, 0.717) is 0 Å². The molecule has 0 spiro atoms. The summed E-state index contributed by atoms with van der Waals surface area (Å²) >= 11 is 3.71. The highest BCUT2D eigenvalue weighted by Crippen LogP contribution is 2.08. The number of rotatable bonds is 3. The molecule has 0 amide bonds. The first-order chi connectivity index (χ1) is 7.77. The van der Waals surface area contributed by atoms with Crippen molar-refractivity contribution in [2.45, 2.75) is 6.55 Å². The van der Waals surface area contributed by atoms with Gasteiger partial charge in [0.25, 0.3) is 0 Å². The van der Waals surface area contributed by atoms with Crippen molar-refractivity contribution in [1.82, 2.24) is 0 Å². The van der Waals surface area contributed by atoms with Crippen LogP contribution in [0.1, 0.15) is 0 Å². The van der Waals surface area contributed by atoms with Gasteiger partial charge in [-0.05, 0) is 0 Å². The lowest BCUT2D eigenvalue weighted by Gasteiger charge is -2.26. The van der Waals surface area contributed by atoms with E-state index in [1.807, 2.05) is 0 Å². The molecule has 2 aromatic rings. The van der Waals surface area contributed by atoms with Crippen LogP contribution in [0.3, 0.4) is 0 Å². The molecule has 0 aromatic heterocycles. The van der Waals surface area contributed by atoms with Gasteiger partial charge in [-0.15, -0.1) is 0 Å². The fourth-order valence-corrected chi connectivity index (χ4v) is 6.37. The van der Waals surface area contributed by atoms with Crippen molar-refractivity contribution < 1.29 is 0 Å². The van der Waals surface area contributed by atoms with Gasteiger partial charge in [0.05, 0.1) is 0 Å². The Bertz CT molecular complexity index is 399. The van der Waals surface area contributed by atoms with E-state index >= 15 is 0 Å². The SMILES string of the molecule is C[Si](CBr)(c1ccccc1)c1ccccc1. The summed E-state index contributed by atoms with van der Waals surface area (Å²) < 4.78 is 0. The van der Waals surface area contributed by atoms with Crippen molar-refractivity contribution in [3.05, 3.63) is 60.7 Å². The van der Waals surface area contributed by atoms with Crippen molar-refractivity contribution in [3.63, 3.8) is 0 Å². The fraction of sp³-hybridized carbons (Fsp3) is 0.143. The maximum absolute atomic E-state index is 3.71. The lowest BCUT2D eigenvalue weighted by atomic mass is 10.4. The van der Waals surface area contributed by atoms with Crippen LogP contribution in [0.2, 0.25) is 6.55 Å². The Morgan fingerprint density at radius 2 is 1.19 bits per heavy atom. The molecule has 0 fully saturated rings. The van der Waals surface area contributed by atoms with E-state index in [0.717, 1.165) is 4.95 Å². The zero-order valence-corrected chi connectivity index (χ0v) is 11.9. The lowest BCUT2D eigenvalue weighted by molar-refractivity contribution is 1.66. The third-order valence-electron chi connectivity index (χ3n) is 3.09. The Balaban J connectivity index is 2.49. The van der Waals surface area contributed by atoms with Gasteiger partial charge in [0.2, 0.25) is 0 Å². The van der Waals surface area contributed by atoms with Crippen LogP contribution in [0.15, 0.2) is 60.7 Å². The van der Waals surface area contributed by atoms with Crippen molar-refractivity contribution in [2.75, 3.05) is 4.95 Å². The molecule has 0 unspecified atom stereocenters. The van der Waals surface area contributed by atoms with Gasteiger partial charge in [0.15, 0.2) is 0 Å². The quantitative estimate of drug-likeness (QED) is 0.602. The Labute approximate surface area is 106 Å². The van der Waals surface area contributed by atoms with E-state index in [-0.39, 0.29) is 0 Å². The minimum absolute atomic E-state index is 1.06. The van der Waals surface area contributed by atoms with Gasteiger partial charge >= 0.3 is 0 Å². The predicted octanol–water partition coefficient (Wildman–Crippen LogP) is 2.81. The molecule has 0 heterocycles. The molecule has 82 valence electrons. The first kappa shape index (κ1) is 11.6. The fourth-order valence-electron chi connectivity index (χ4n) is 1.93. The third kappa shape index (κ3) is 2.13. The molecule has 0 aliphatic carbocycles. The minimum Gasteiger partial charge on any atom is -0.0954 e. The highest BCUT2D eigenvalue weighted by Gasteiger charge is 2.29. The first-order valence-corrected chi connectivity index (χ1v) is 9.27. The molecule has 2 heteroatoms. The monoisotopic (exact) mass is 290 g/mol. The highest BCUT2D eigenvalue weighted by atomic mass is 79.9. The Kier molecular flexibility index (Phi) is 3.61. The molecule has 0 bridgehead atoms. The Hall–Kier alpha value is -0.863. The molecule has 2 aromatic carbocycles. The molecular weight excluding hydrogens is 276 g/mol. The summed E-state index contributed by atoms with van der Waals surface area (Å²) in [7, 11) is -1.56. The molecule has 0 nitrogen and oxygen atoms in total. The van der Waals surface area contributed by atoms with E-state index in [9.17, 15) is 0 Å². The third-order valence-corrected chi connectivity index (χ3v) is 10.2. The topological polar surface area (TPSA) is 0 Å². The van der Waals surface area contributed by atoms with Crippen LogP contribution in [-0.4, -0.2) is 13.0 Å². The maximum Gasteiger partial charge on any atom is 0.125 e. The van der Waals surface area contributed by atoms with Crippen LogP contribution in [0.5, 0.6) is 0 Å². The van der Waals surface area contributed by atoms with Crippen molar-refractivity contribution >= 4 is 34.4 Å². The van der Waals surface area contributed by atoms with Crippen LogP contribution < -0.4 is 10.4 Å². The Morgan fingerprint density at radius 3 is 1.50 bits per heavy atom. The molecule has 0 aliphatic heterocycles. The van der Waals surface area contributed by atoms with Crippen molar-refractivity contribution in [3.8, 4) is 0 Å². The van der Waals surface area contributed by atoms with Crippen LogP contribution >= 0.6 is 15.9 Å². The van der Waals surface area contributed by atoms with Crippen LogP contribution in [0.4, 0.5) is 0 Å². The second-order valence-electron chi connectivity index (χ2n) is 4.20. The van der Waals surface area contributed by atoms with Gasteiger partial charge in [0, 0.05) is 4.95 Å². The van der Waals surface area contributed by atoms with E-state index in [1.165, 1.54) is 10.4 Å². The molecular formula is C14H15BrSi. The molecule has 0 saturated heterocycles. The molecule has 16 heavy (non-hydrogen) atoms. The summed E-state index contributed by atoms with van der Waals surface area (Å²) in [5, 5.41) is 2.97. The van der Waals surface area contributed by atoms with E-state index in [2.05, 4.69) is 83.1 Å². The van der Waals surface area contributed by atoms with Crippen molar-refractivity contribution in [1.29, 1.82) is 0 Å². The van der Waals surface area contributed by atoms with Crippen molar-refractivity contribution in [2.24, 2.45) is 0 Å². The van der Waals surface area contributed by atoms with Crippen LogP contribution in [0, 0.1) is 0 Å². The van der Waals surface area contributed by atoms with Crippen LogP contribution in [0.25, 0.3) is 0 Å². The van der Waals surface area contributed by atoms with E-state index in [1.54, 1.807) is 0 Å². The zero-order valence-electron chi connectivity index (χ0n) is 9.36. The van der Waals surface area contributed by atoms with Crippen LogP contribution in [-0.2, 0) is 0 Å². The number of halogens is 1. The predicted molar refractivity (Wildman–Crippen MR) is 77.6 cm³/mol. The molecule has 0 aliphatic rings. The van der Waals surface area contributed by atoms with Gasteiger partial charge in [-0.3, -0.25) is 0 Å². The smallest absolute Gasteiger partial charge is 0.0954 e. The number of alkyl halides is 1. The normalized spacial score (nSPS) is 11.4. The summed E-state index contributed by atoms with van der Waals surface area (Å²) in [5.41, 5.74) is 0. The summed E-state index contributed by atoms with van der Waals surface area (Å²) in [4.78, 5) is 1.06. The summed E-state index contributed by atoms with van der Waals surface area (Å²) in [6.07, 6.45) is 0. The molecule has 2 rings (SSSR count). The van der Waals surface area contributed by atoms with Gasteiger partial charge < -0.3 is 0 Å². The maximum atomic E-state index is 3.71. The number of hydrogen-bond acceptors (Lipinski definition) is 0. The van der Waals surface area contributed by atoms with E-state index < -0.39 is 8.07 Å². The summed E-state index contributed by atoms with van der Waals surface area (Å²) in [6.45, 7) is 2.41. The average Bonchev–Trinajstić information content (AvgIpc) is 2.40. The van der Waals surface area contributed by atoms with Gasteiger partial charge in [-0.25, -0.2) is 0 Å². The standard InChI is InChI=1S/C14H15BrSi/c1-16(12-15,13-8-4-2-5-9-13)14-10-6-3-7-11-14/h2-11H,12H2,1H3. The van der Waals surface area contributed by atoms with Gasteiger partial charge in [0.1, 0.15) is 8.07 Å². The lowest BCUT2D eigenvalue weighted by Crippen LogP contribution is -2.57. The number of hydrogen-bond donors (Lipinski definition) is 0. The molecule has 0 radical (unpaired) electrons. The summed E-state index contributed by atoms with van der Waals surface area (Å²) in [5.74, 6) is 0. The second kappa shape index (κ2) is 4.98. The van der Waals surface area contributed by atoms with E-state index in [4.69, 9.17) is 0 Å². The molecule has 0 N–H and O–H groups in total. The van der Waals surface area contributed by atoms with Gasteiger partial charge in [-0.2, -0.15) is 0 Å². The first-order valence-electron chi connectivity index (χ1n) is 5.44. The minimum atomic E-state index is -1.56. The zero-order chi connectivity index (χ0) is 11.4. The average molecular weight is 291 g/mol. The summed E-state index contributed by atoms with van der Waals surface area (Å²) in [6, 6.07) is 21.7. The van der Waals surface area contributed by atoms with Gasteiger partial charge in [-0.1, -0.05) is 93.5 Å². The molecule has 0 atom stereocenters.